The minimum absolute atomic E-state index is 0.0531. The lowest BCUT2D eigenvalue weighted by atomic mass is 10.1. The van der Waals surface area contributed by atoms with Gasteiger partial charge in [-0.15, -0.1) is 0 Å². The number of hydrogen-bond acceptors (Lipinski definition) is 3. The Morgan fingerprint density at radius 3 is 2.07 bits per heavy atom. The first kappa shape index (κ1) is 20.5. The van der Waals surface area contributed by atoms with E-state index >= 15 is 0 Å². The number of anilines is 2. The summed E-state index contributed by atoms with van der Waals surface area (Å²) < 4.78 is 0. The van der Waals surface area contributed by atoms with Crippen molar-refractivity contribution in [2.75, 3.05) is 45.0 Å². The molecule has 0 spiro atoms. The molecular weight excluding hydrogens is 340 g/mol. The predicted molar refractivity (Wildman–Crippen MR) is 109 cm³/mol. The fourth-order valence-corrected chi connectivity index (χ4v) is 2.76. The number of carbonyl (C=O) groups excluding carboxylic acids is 2. The van der Waals surface area contributed by atoms with Gasteiger partial charge in [-0.3, -0.25) is 9.59 Å². The number of amides is 2. The van der Waals surface area contributed by atoms with Crippen molar-refractivity contribution in [3.05, 3.63) is 59.7 Å². The second-order valence-corrected chi connectivity index (χ2v) is 7.15. The number of nitrogens with one attached hydrogen (secondary N) is 3. The molecule has 0 saturated heterocycles. The van der Waals surface area contributed by atoms with Crippen LogP contribution in [-0.4, -0.2) is 46.5 Å². The van der Waals surface area contributed by atoms with Gasteiger partial charge in [-0.25, -0.2) is 0 Å². The number of quaternary nitrogens is 1. The third-order valence-electron chi connectivity index (χ3n) is 4.49. The average Bonchev–Trinajstić information content (AvgIpc) is 2.63. The topological polar surface area (TPSA) is 65.9 Å². The molecule has 2 aromatic carbocycles. The summed E-state index contributed by atoms with van der Waals surface area (Å²) in [7, 11) is 8.05. The number of rotatable bonds is 6. The third-order valence-corrected chi connectivity index (χ3v) is 4.49. The molecule has 3 N–H and O–H groups in total. The summed E-state index contributed by atoms with van der Waals surface area (Å²) in [4.78, 5) is 27.5. The van der Waals surface area contributed by atoms with Crippen LogP contribution in [0.5, 0.6) is 0 Å². The highest BCUT2D eigenvalue weighted by Gasteiger charge is 2.21. The van der Waals surface area contributed by atoms with Gasteiger partial charge < -0.3 is 20.4 Å². The summed E-state index contributed by atoms with van der Waals surface area (Å²) in [5.74, 6) is -1.29. The van der Waals surface area contributed by atoms with Crippen molar-refractivity contribution < 1.29 is 14.5 Å². The zero-order valence-electron chi connectivity index (χ0n) is 16.7. The Morgan fingerprint density at radius 2 is 1.56 bits per heavy atom. The van der Waals surface area contributed by atoms with Crippen LogP contribution in [0.4, 0.5) is 11.4 Å². The highest BCUT2D eigenvalue weighted by atomic mass is 16.2. The van der Waals surface area contributed by atoms with Gasteiger partial charge in [-0.1, -0.05) is 29.8 Å². The van der Waals surface area contributed by atoms with Gasteiger partial charge in [0, 0.05) is 31.0 Å². The predicted octanol–water partition coefficient (Wildman–Crippen LogP) is 1.00. The first-order chi connectivity index (χ1) is 12.8. The molecule has 6 nitrogen and oxygen atoms in total. The average molecular weight is 369 g/mol. The van der Waals surface area contributed by atoms with Crippen LogP contribution in [0.3, 0.4) is 0 Å². The van der Waals surface area contributed by atoms with Crippen LogP contribution in [0.25, 0.3) is 0 Å². The molecule has 144 valence electrons. The second kappa shape index (κ2) is 9.19. The maximum absolute atomic E-state index is 12.2. The minimum Gasteiger partial charge on any atom is -0.378 e. The summed E-state index contributed by atoms with van der Waals surface area (Å²) in [6.45, 7) is 2.34. The zero-order valence-corrected chi connectivity index (χ0v) is 16.7. The fourth-order valence-electron chi connectivity index (χ4n) is 2.76. The molecule has 0 fully saturated rings. The van der Waals surface area contributed by atoms with E-state index in [0.29, 0.717) is 12.2 Å². The molecule has 2 rings (SSSR count). The molecule has 0 unspecified atom stereocenters. The number of aryl methyl sites for hydroxylation is 1. The lowest BCUT2D eigenvalue weighted by Gasteiger charge is -2.23. The standard InChI is InChI=1S/C21H28N4O2/c1-15-6-10-17(11-7-15)23-21(27)20(26)22-14-19(25(4)5)16-8-12-18(13-9-16)24(2)3/h6-13,19H,14H2,1-5H3,(H,22,26)(H,23,27)/p+1/t19-/m0/s1. The molecule has 0 aromatic heterocycles. The van der Waals surface area contributed by atoms with E-state index < -0.39 is 11.8 Å². The van der Waals surface area contributed by atoms with E-state index in [1.165, 1.54) is 4.90 Å². The van der Waals surface area contributed by atoms with Crippen LogP contribution in [0.2, 0.25) is 0 Å². The van der Waals surface area contributed by atoms with Crippen LogP contribution in [0.1, 0.15) is 17.2 Å². The van der Waals surface area contributed by atoms with Gasteiger partial charge in [0.15, 0.2) is 0 Å². The van der Waals surface area contributed by atoms with Crippen molar-refractivity contribution in [1.29, 1.82) is 0 Å². The molecule has 1 atom stereocenters. The van der Waals surface area contributed by atoms with Crippen LogP contribution in [0, 0.1) is 6.92 Å². The summed E-state index contributed by atoms with van der Waals surface area (Å²) in [6.07, 6.45) is 0. The molecule has 0 radical (unpaired) electrons. The Hall–Kier alpha value is -2.86. The molecule has 0 aliphatic heterocycles. The number of carbonyl (C=O) groups is 2. The first-order valence-corrected chi connectivity index (χ1v) is 9.01. The molecule has 0 bridgehead atoms. The molecule has 2 aromatic rings. The molecule has 0 heterocycles. The van der Waals surface area contributed by atoms with Gasteiger partial charge in [0.1, 0.15) is 6.04 Å². The summed E-state index contributed by atoms with van der Waals surface area (Å²) in [6, 6.07) is 15.6. The van der Waals surface area contributed by atoms with Crippen LogP contribution >= 0.6 is 0 Å². The highest BCUT2D eigenvalue weighted by molar-refractivity contribution is 6.39. The van der Waals surface area contributed by atoms with Gasteiger partial charge in [0.2, 0.25) is 0 Å². The molecule has 27 heavy (non-hydrogen) atoms. The van der Waals surface area contributed by atoms with Crippen LogP contribution in [-0.2, 0) is 9.59 Å². The highest BCUT2D eigenvalue weighted by Crippen LogP contribution is 2.16. The van der Waals surface area contributed by atoms with E-state index in [-0.39, 0.29) is 6.04 Å². The van der Waals surface area contributed by atoms with Gasteiger partial charge in [0.05, 0.1) is 20.6 Å². The molecule has 6 heteroatoms. The van der Waals surface area contributed by atoms with E-state index in [4.69, 9.17) is 0 Å². The Labute approximate surface area is 161 Å². The van der Waals surface area contributed by atoms with Crippen molar-refractivity contribution in [3.63, 3.8) is 0 Å². The maximum Gasteiger partial charge on any atom is 0.313 e. The molecular formula is C21H29N4O2+. The third kappa shape index (κ3) is 5.82. The Kier molecular flexibility index (Phi) is 6.96. The number of nitrogens with zero attached hydrogens (tertiary/aromatic N) is 1. The summed E-state index contributed by atoms with van der Waals surface area (Å²) in [5, 5.41) is 5.37. The van der Waals surface area contributed by atoms with Gasteiger partial charge in [0.25, 0.3) is 0 Å². The van der Waals surface area contributed by atoms with Crippen molar-refractivity contribution in [2.45, 2.75) is 13.0 Å². The second-order valence-electron chi connectivity index (χ2n) is 7.15. The zero-order chi connectivity index (χ0) is 20.0. The van der Waals surface area contributed by atoms with Gasteiger partial charge >= 0.3 is 11.8 Å². The molecule has 2 amide bonds. The lowest BCUT2D eigenvalue weighted by Crippen LogP contribution is -3.07. The first-order valence-electron chi connectivity index (χ1n) is 9.01. The van der Waals surface area contributed by atoms with E-state index in [1.54, 1.807) is 12.1 Å². The van der Waals surface area contributed by atoms with E-state index in [2.05, 4.69) is 34.9 Å². The van der Waals surface area contributed by atoms with Crippen LogP contribution in [0.15, 0.2) is 48.5 Å². The smallest absolute Gasteiger partial charge is 0.313 e. The quantitative estimate of drug-likeness (QED) is 0.666. The largest absolute Gasteiger partial charge is 0.378 e. The minimum atomic E-state index is -0.658. The molecule has 0 aliphatic carbocycles. The Balaban J connectivity index is 1.97. The van der Waals surface area contributed by atoms with Crippen LogP contribution < -0.4 is 20.4 Å². The van der Waals surface area contributed by atoms with Crippen molar-refractivity contribution in [2.24, 2.45) is 0 Å². The molecule has 0 aliphatic rings. The van der Waals surface area contributed by atoms with Crippen molar-refractivity contribution in [3.8, 4) is 0 Å². The number of likely N-dealkylation sites (N-methyl/N-ethyl adjacent to an activating group) is 1. The number of hydrogen-bond donors (Lipinski definition) is 3. The Morgan fingerprint density at radius 1 is 0.963 bits per heavy atom. The fraction of sp³-hybridized carbons (Fsp3) is 0.333. The maximum atomic E-state index is 12.2. The Bertz CT molecular complexity index is 768. The van der Waals surface area contributed by atoms with Gasteiger partial charge in [-0.05, 0) is 31.2 Å². The van der Waals surface area contributed by atoms with E-state index in [1.807, 2.05) is 52.1 Å². The van der Waals surface area contributed by atoms with E-state index in [9.17, 15) is 9.59 Å². The monoisotopic (exact) mass is 369 g/mol. The molecule has 0 saturated carbocycles. The summed E-state index contributed by atoms with van der Waals surface area (Å²) in [5.41, 5.74) is 3.93. The van der Waals surface area contributed by atoms with Crippen molar-refractivity contribution >= 4 is 23.2 Å². The lowest BCUT2D eigenvalue weighted by molar-refractivity contribution is -0.890. The summed E-state index contributed by atoms with van der Waals surface area (Å²) >= 11 is 0. The normalized spacial score (nSPS) is 11.8. The van der Waals surface area contributed by atoms with Gasteiger partial charge in [-0.2, -0.15) is 0 Å². The number of benzene rings is 2. The SMILES string of the molecule is Cc1ccc(NC(=O)C(=O)NC[C@@H](c2ccc(N(C)C)cc2)[NH+](C)C)cc1. The van der Waals surface area contributed by atoms with E-state index in [0.717, 1.165) is 16.8 Å². The van der Waals surface area contributed by atoms with Crippen molar-refractivity contribution in [1.82, 2.24) is 5.32 Å².